The molecule has 1 aromatic rings. The van der Waals surface area contributed by atoms with Crippen LogP contribution < -0.4 is 0 Å². The molecule has 0 saturated carbocycles. The first kappa shape index (κ1) is 13.8. The molecule has 0 aliphatic carbocycles. The van der Waals surface area contributed by atoms with Crippen molar-refractivity contribution in [2.45, 2.75) is 6.92 Å². The molecule has 1 N–H and O–H groups in total. The lowest BCUT2D eigenvalue weighted by Gasteiger charge is -2.16. The molecule has 1 aromatic carbocycles. The van der Waals surface area contributed by atoms with Gasteiger partial charge in [-0.05, 0) is 24.1 Å². The minimum absolute atomic E-state index is 0.0465. The van der Waals surface area contributed by atoms with Gasteiger partial charge in [0.05, 0.1) is 10.9 Å². The van der Waals surface area contributed by atoms with E-state index in [4.69, 9.17) is 16.7 Å². The third-order valence-corrected chi connectivity index (χ3v) is 3.69. The summed E-state index contributed by atoms with van der Waals surface area (Å²) in [6, 6.07) is 3.83. The number of carboxylic acids is 1. The molecule has 6 heteroatoms. The SMILES string of the molecule is CC1CN(C(=O)c2ccc(Cl)c(F)c2)CC1C(=O)O. The van der Waals surface area contributed by atoms with Crippen molar-refractivity contribution in [1.82, 2.24) is 4.90 Å². The number of hydrogen-bond donors (Lipinski definition) is 1. The summed E-state index contributed by atoms with van der Waals surface area (Å²) in [4.78, 5) is 24.6. The Morgan fingerprint density at radius 1 is 1.42 bits per heavy atom. The maximum absolute atomic E-state index is 13.3. The van der Waals surface area contributed by atoms with Crippen LogP contribution in [0.4, 0.5) is 4.39 Å². The Labute approximate surface area is 114 Å². The third kappa shape index (κ3) is 2.71. The zero-order valence-electron chi connectivity index (χ0n) is 10.3. The summed E-state index contributed by atoms with van der Waals surface area (Å²) in [5.41, 5.74) is 0.181. The Hall–Kier alpha value is -1.62. The average Bonchev–Trinajstić information content (AvgIpc) is 2.74. The maximum atomic E-state index is 13.3. The largest absolute Gasteiger partial charge is 0.481 e. The van der Waals surface area contributed by atoms with E-state index in [1.54, 1.807) is 6.92 Å². The van der Waals surface area contributed by atoms with Gasteiger partial charge >= 0.3 is 5.97 Å². The van der Waals surface area contributed by atoms with E-state index in [2.05, 4.69) is 0 Å². The predicted molar refractivity (Wildman–Crippen MR) is 67.6 cm³/mol. The average molecular weight is 286 g/mol. The topological polar surface area (TPSA) is 57.6 Å². The molecule has 1 fully saturated rings. The van der Waals surface area contributed by atoms with Crippen LogP contribution >= 0.6 is 11.6 Å². The van der Waals surface area contributed by atoms with Crippen LogP contribution in [-0.2, 0) is 4.79 Å². The molecule has 2 atom stereocenters. The Morgan fingerprint density at radius 2 is 2.11 bits per heavy atom. The van der Waals surface area contributed by atoms with Crippen LogP contribution in [0.25, 0.3) is 0 Å². The minimum atomic E-state index is -0.912. The maximum Gasteiger partial charge on any atom is 0.308 e. The summed E-state index contributed by atoms with van der Waals surface area (Å²) in [6.07, 6.45) is 0. The summed E-state index contributed by atoms with van der Waals surface area (Å²) in [5.74, 6) is -2.62. The number of hydrogen-bond acceptors (Lipinski definition) is 2. The molecule has 1 aliphatic heterocycles. The number of carbonyl (C=O) groups is 2. The third-order valence-electron chi connectivity index (χ3n) is 3.38. The first-order chi connectivity index (χ1) is 8.90. The number of rotatable bonds is 2. The van der Waals surface area contributed by atoms with Crippen molar-refractivity contribution >= 4 is 23.5 Å². The van der Waals surface area contributed by atoms with Gasteiger partial charge in [0.1, 0.15) is 5.82 Å². The van der Waals surface area contributed by atoms with Crippen LogP contribution in [0.15, 0.2) is 18.2 Å². The lowest BCUT2D eigenvalue weighted by molar-refractivity contribution is -0.142. The standard InChI is InChI=1S/C13H13ClFNO3/c1-7-5-16(6-9(7)13(18)19)12(17)8-2-3-10(14)11(15)4-8/h2-4,7,9H,5-6H2,1H3,(H,18,19). The zero-order chi connectivity index (χ0) is 14.2. The first-order valence-electron chi connectivity index (χ1n) is 5.87. The van der Waals surface area contributed by atoms with Crippen molar-refractivity contribution in [3.05, 3.63) is 34.6 Å². The van der Waals surface area contributed by atoms with Crippen LogP contribution in [0, 0.1) is 17.7 Å². The van der Waals surface area contributed by atoms with Gasteiger partial charge < -0.3 is 10.0 Å². The molecule has 1 heterocycles. The minimum Gasteiger partial charge on any atom is -0.481 e. The van der Waals surface area contributed by atoms with E-state index in [0.717, 1.165) is 6.07 Å². The van der Waals surface area contributed by atoms with E-state index in [1.807, 2.05) is 0 Å². The molecule has 0 radical (unpaired) electrons. The monoisotopic (exact) mass is 285 g/mol. The van der Waals surface area contributed by atoms with Crippen molar-refractivity contribution < 1.29 is 19.1 Å². The van der Waals surface area contributed by atoms with Crippen LogP contribution in [0.3, 0.4) is 0 Å². The Bertz CT molecular complexity index is 535. The van der Waals surface area contributed by atoms with Gasteiger partial charge in [0.2, 0.25) is 0 Å². The molecule has 0 bridgehead atoms. The highest BCUT2D eigenvalue weighted by Gasteiger charge is 2.37. The van der Waals surface area contributed by atoms with Crippen molar-refractivity contribution in [2.24, 2.45) is 11.8 Å². The normalized spacial score (nSPS) is 22.6. The highest BCUT2D eigenvalue weighted by molar-refractivity contribution is 6.30. The van der Waals surface area contributed by atoms with Gasteiger partial charge in [-0.3, -0.25) is 9.59 Å². The Kier molecular flexibility index (Phi) is 3.75. The number of aliphatic carboxylic acids is 1. The van der Waals surface area contributed by atoms with E-state index in [0.29, 0.717) is 6.54 Å². The molecule has 1 aliphatic rings. The molecule has 1 amide bonds. The van der Waals surface area contributed by atoms with E-state index in [1.165, 1.54) is 17.0 Å². The smallest absolute Gasteiger partial charge is 0.308 e. The summed E-state index contributed by atoms with van der Waals surface area (Å²) in [7, 11) is 0. The second kappa shape index (κ2) is 5.17. The van der Waals surface area contributed by atoms with E-state index in [-0.39, 0.29) is 29.0 Å². The lowest BCUT2D eigenvalue weighted by Crippen LogP contribution is -2.30. The van der Waals surface area contributed by atoms with Gasteiger partial charge in [-0.25, -0.2) is 4.39 Å². The quantitative estimate of drug-likeness (QED) is 0.907. The highest BCUT2D eigenvalue weighted by Crippen LogP contribution is 2.25. The molecule has 2 rings (SSSR count). The fourth-order valence-electron chi connectivity index (χ4n) is 2.27. The van der Waals surface area contributed by atoms with Gasteiger partial charge in [-0.2, -0.15) is 0 Å². The van der Waals surface area contributed by atoms with Gasteiger partial charge in [0, 0.05) is 18.7 Å². The van der Waals surface area contributed by atoms with Crippen molar-refractivity contribution in [2.75, 3.05) is 13.1 Å². The summed E-state index contributed by atoms with van der Waals surface area (Å²) in [6.45, 7) is 2.30. The molecule has 0 aromatic heterocycles. The fourth-order valence-corrected chi connectivity index (χ4v) is 2.38. The number of amides is 1. The van der Waals surface area contributed by atoms with Crippen molar-refractivity contribution in [3.8, 4) is 0 Å². The van der Waals surface area contributed by atoms with Gasteiger partial charge in [0.15, 0.2) is 0 Å². The number of benzene rings is 1. The first-order valence-corrected chi connectivity index (χ1v) is 6.25. The summed E-state index contributed by atoms with van der Waals surface area (Å²) in [5, 5.41) is 8.97. The highest BCUT2D eigenvalue weighted by atomic mass is 35.5. The van der Waals surface area contributed by atoms with Crippen molar-refractivity contribution in [1.29, 1.82) is 0 Å². The Balaban J connectivity index is 2.17. The van der Waals surface area contributed by atoms with E-state index in [9.17, 15) is 14.0 Å². The van der Waals surface area contributed by atoms with E-state index >= 15 is 0 Å². The molecule has 1 saturated heterocycles. The molecule has 0 spiro atoms. The van der Waals surface area contributed by atoms with Crippen molar-refractivity contribution in [3.63, 3.8) is 0 Å². The molecular formula is C13H13ClFNO3. The molecule has 102 valence electrons. The van der Waals surface area contributed by atoms with E-state index < -0.39 is 17.7 Å². The molecular weight excluding hydrogens is 273 g/mol. The number of likely N-dealkylation sites (tertiary alicyclic amines) is 1. The number of halogens is 2. The number of nitrogens with zero attached hydrogens (tertiary/aromatic N) is 1. The fraction of sp³-hybridized carbons (Fsp3) is 0.385. The molecule has 2 unspecified atom stereocenters. The molecule has 19 heavy (non-hydrogen) atoms. The van der Waals surface area contributed by atoms with Crippen LogP contribution in [-0.4, -0.2) is 35.0 Å². The van der Waals surface area contributed by atoms with Gasteiger partial charge in [-0.1, -0.05) is 18.5 Å². The predicted octanol–water partition coefficient (Wildman–Crippen LogP) is 2.27. The van der Waals surface area contributed by atoms with Gasteiger partial charge in [0.25, 0.3) is 5.91 Å². The van der Waals surface area contributed by atoms with Crippen LogP contribution in [0.2, 0.25) is 5.02 Å². The zero-order valence-corrected chi connectivity index (χ0v) is 11.0. The Morgan fingerprint density at radius 3 is 2.63 bits per heavy atom. The lowest BCUT2D eigenvalue weighted by atomic mass is 9.99. The summed E-state index contributed by atoms with van der Waals surface area (Å²) >= 11 is 5.56. The molecule has 4 nitrogen and oxygen atoms in total. The second-order valence-electron chi connectivity index (χ2n) is 4.76. The second-order valence-corrected chi connectivity index (χ2v) is 5.17. The van der Waals surface area contributed by atoms with Crippen LogP contribution in [0.5, 0.6) is 0 Å². The van der Waals surface area contributed by atoms with Crippen LogP contribution in [0.1, 0.15) is 17.3 Å². The summed E-state index contributed by atoms with van der Waals surface area (Å²) < 4.78 is 13.3. The number of carboxylic acid groups (broad SMARTS) is 1. The number of carbonyl (C=O) groups excluding carboxylic acids is 1. The van der Waals surface area contributed by atoms with Gasteiger partial charge in [-0.15, -0.1) is 0 Å².